The Morgan fingerprint density at radius 2 is 2.12 bits per heavy atom. The Morgan fingerprint density at radius 3 is 2.92 bits per heavy atom. The van der Waals surface area contributed by atoms with Crippen LogP contribution in [0.5, 0.6) is 0 Å². The number of carbonyl (C=O) groups is 1. The summed E-state index contributed by atoms with van der Waals surface area (Å²) in [5.74, 6) is 0.561. The molecule has 24 heavy (non-hydrogen) atoms. The molecule has 2 N–H and O–H groups in total. The number of aromatic nitrogens is 2. The molecular weight excluding hydrogens is 324 g/mol. The number of carbonyl (C=O) groups excluding carboxylic acids is 1. The van der Waals surface area contributed by atoms with Crippen LogP contribution in [0.4, 0.5) is 5.82 Å². The quantitative estimate of drug-likeness (QED) is 0.835. The fraction of sp³-hybridized carbons (Fsp3) is 0.444. The van der Waals surface area contributed by atoms with E-state index in [4.69, 9.17) is 11.6 Å². The zero-order chi connectivity index (χ0) is 16.9. The van der Waals surface area contributed by atoms with Crippen molar-refractivity contribution < 1.29 is 4.79 Å². The minimum Gasteiger partial charge on any atom is -0.309 e. The summed E-state index contributed by atoms with van der Waals surface area (Å²) in [4.78, 5) is 14.5. The highest BCUT2D eigenvalue weighted by Crippen LogP contribution is 2.26. The number of benzene rings is 1. The Hall–Kier alpha value is -1.85. The Balaban J connectivity index is 1.53. The number of nitrogens with zero attached hydrogens (tertiary/aromatic N) is 2. The summed E-state index contributed by atoms with van der Waals surface area (Å²) < 4.78 is 0. The molecule has 0 spiro atoms. The summed E-state index contributed by atoms with van der Waals surface area (Å²) >= 11 is 6.06. The van der Waals surface area contributed by atoms with Crippen LogP contribution in [-0.4, -0.2) is 40.6 Å². The first-order chi connectivity index (χ1) is 11.6. The number of hydrogen-bond donors (Lipinski definition) is 2. The summed E-state index contributed by atoms with van der Waals surface area (Å²) in [6.45, 7) is 5.36. The van der Waals surface area contributed by atoms with Crippen LogP contribution < -0.4 is 5.32 Å². The second-order valence-electron chi connectivity index (χ2n) is 6.33. The van der Waals surface area contributed by atoms with Gasteiger partial charge in [0.1, 0.15) is 0 Å². The molecule has 0 bridgehead atoms. The lowest BCUT2D eigenvalue weighted by Gasteiger charge is -2.13. The van der Waals surface area contributed by atoms with E-state index in [0.717, 1.165) is 29.8 Å². The number of rotatable bonds is 6. The van der Waals surface area contributed by atoms with Crippen molar-refractivity contribution in [1.82, 2.24) is 15.1 Å². The first-order valence-electron chi connectivity index (χ1n) is 8.46. The topological polar surface area (TPSA) is 61.0 Å². The van der Waals surface area contributed by atoms with Crippen LogP contribution in [0.15, 0.2) is 24.3 Å². The lowest BCUT2D eigenvalue weighted by molar-refractivity contribution is -0.116. The maximum Gasteiger partial charge on any atom is 0.225 e. The van der Waals surface area contributed by atoms with Gasteiger partial charge in [-0.2, -0.15) is 5.10 Å². The van der Waals surface area contributed by atoms with E-state index in [1.54, 1.807) is 0 Å². The van der Waals surface area contributed by atoms with E-state index in [-0.39, 0.29) is 5.91 Å². The van der Waals surface area contributed by atoms with Crippen LogP contribution in [0.25, 0.3) is 11.3 Å². The molecule has 3 rings (SSSR count). The first-order valence-corrected chi connectivity index (χ1v) is 8.84. The molecule has 1 aromatic carbocycles. The van der Waals surface area contributed by atoms with Gasteiger partial charge in [0.2, 0.25) is 5.91 Å². The van der Waals surface area contributed by atoms with Gasteiger partial charge in [-0.3, -0.25) is 9.89 Å². The summed E-state index contributed by atoms with van der Waals surface area (Å²) in [5.41, 5.74) is 2.94. The molecule has 6 heteroatoms. The highest BCUT2D eigenvalue weighted by atomic mass is 35.5. The fourth-order valence-corrected chi connectivity index (χ4v) is 3.26. The average molecular weight is 347 g/mol. The standard InChI is InChI=1S/C18H23ClN4O/c1-13-6-7-14(19)11-15(13)16-12-17(22-21-16)20-18(24)5-4-10-23-8-2-3-9-23/h6-7,11-12H,2-5,8-10H2,1H3,(H2,20,21,22,24). The molecule has 0 radical (unpaired) electrons. The predicted molar refractivity (Wildman–Crippen MR) is 97.3 cm³/mol. The van der Waals surface area contributed by atoms with Crippen LogP contribution in [0.2, 0.25) is 5.02 Å². The molecular formula is C18H23ClN4O. The Morgan fingerprint density at radius 1 is 1.33 bits per heavy atom. The minimum absolute atomic E-state index is 0.00932. The molecule has 1 saturated heterocycles. The van der Waals surface area contributed by atoms with Crippen LogP contribution in [-0.2, 0) is 4.79 Å². The lowest BCUT2D eigenvalue weighted by Crippen LogP contribution is -2.22. The van der Waals surface area contributed by atoms with E-state index in [1.165, 1.54) is 25.9 Å². The molecule has 2 heterocycles. The molecule has 5 nitrogen and oxygen atoms in total. The van der Waals surface area contributed by atoms with Gasteiger partial charge in [-0.25, -0.2) is 0 Å². The minimum atomic E-state index is 0.00932. The van der Waals surface area contributed by atoms with Crippen LogP contribution in [0.1, 0.15) is 31.2 Å². The van der Waals surface area contributed by atoms with Gasteiger partial charge < -0.3 is 10.2 Å². The van der Waals surface area contributed by atoms with E-state index in [9.17, 15) is 4.79 Å². The van der Waals surface area contributed by atoms with Crippen molar-refractivity contribution in [3.05, 3.63) is 34.9 Å². The third-order valence-electron chi connectivity index (χ3n) is 4.41. The van der Waals surface area contributed by atoms with Gasteiger partial charge >= 0.3 is 0 Å². The van der Waals surface area contributed by atoms with Gasteiger partial charge in [0.25, 0.3) is 0 Å². The molecule has 1 aliphatic rings. The monoisotopic (exact) mass is 346 g/mol. The largest absolute Gasteiger partial charge is 0.309 e. The molecule has 0 aliphatic carbocycles. The molecule has 1 fully saturated rings. The van der Waals surface area contributed by atoms with Gasteiger partial charge in [0, 0.05) is 23.1 Å². The molecule has 2 aromatic rings. The zero-order valence-electron chi connectivity index (χ0n) is 13.9. The third-order valence-corrected chi connectivity index (χ3v) is 4.65. The van der Waals surface area contributed by atoms with E-state index < -0.39 is 0 Å². The second-order valence-corrected chi connectivity index (χ2v) is 6.76. The van der Waals surface area contributed by atoms with Crippen molar-refractivity contribution in [2.24, 2.45) is 0 Å². The number of nitrogens with one attached hydrogen (secondary N) is 2. The number of amides is 1. The smallest absolute Gasteiger partial charge is 0.225 e. The molecule has 0 saturated carbocycles. The second kappa shape index (κ2) is 7.81. The molecule has 0 unspecified atom stereocenters. The van der Waals surface area contributed by atoms with Gasteiger partial charge in [0.15, 0.2) is 5.82 Å². The lowest BCUT2D eigenvalue weighted by atomic mass is 10.1. The highest BCUT2D eigenvalue weighted by molar-refractivity contribution is 6.30. The van der Waals surface area contributed by atoms with Gasteiger partial charge in [-0.05, 0) is 63.5 Å². The maximum atomic E-state index is 12.0. The van der Waals surface area contributed by atoms with E-state index >= 15 is 0 Å². The van der Waals surface area contributed by atoms with Crippen LogP contribution in [0.3, 0.4) is 0 Å². The number of anilines is 1. The van der Waals surface area contributed by atoms with Crippen molar-refractivity contribution in [2.45, 2.75) is 32.6 Å². The summed E-state index contributed by atoms with van der Waals surface area (Å²) in [6, 6.07) is 7.57. The van der Waals surface area contributed by atoms with E-state index in [0.29, 0.717) is 17.3 Å². The molecule has 1 aromatic heterocycles. The highest BCUT2D eigenvalue weighted by Gasteiger charge is 2.13. The normalized spacial score (nSPS) is 14.9. The van der Waals surface area contributed by atoms with E-state index in [1.807, 2.05) is 31.2 Å². The number of hydrogen-bond acceptors (Lipinski definition) is 3. The number of likely N-dealkylation sites (tertiary alicyclic amines) is 1. The number of aromatic amines is 1. The maximum absolute atomic E-state index is 12.0. The molecule has 0 atom stereocenters. The van der Waals surface area contributed by atoms with E-state index in [2.05, 4.69) is 20.4 Å². The summed E-state index contributed by atoms with van der Waals surface area (Å²) in [6.07, 6.45) is 3.97. The Labute approximate surface area is 147 Å². The molecule has 1 amide bonds. The molecule has 1 aliphatic heterocycles. The number of halogens is 1. The van der Waals surface area contributed by atoms with Crippen molar-refractivity contribution in [3.8, 4) is 11.3 Å². The Bertz CT molecular complexity index is 707. The summed E-state index contributed by atoms with van der Waals surface area (Å²) in [5, 5.41) is 10.7. The van der Waals surface area contributed by atoms with Crippen LogP contribution in [0, 0.1) is 6.92 Å². The third kappa shape index (κ3) is 4.36. The van der Waals surface area contributed by atoms with Crippen molar-refractivity contribution in [2.75, 3.05) is 25.0 Å². The van der Waals surface area contributed by atoms with Crippen molar-refractivity contribution >= 4 is 23.3 Å². The zero-order valence-corrected chi connectivity index (χ0v) is 14.7. The summed E-state index contributed by atoms with van der Waals surface area (Å²) in [7, 11) is 0. The number of aryl methyl sites for hydroxylation is 1. The first kappa shape index (κ1) is 17.0. The van der Waals surface area contributed by atoms with Gasteiger partial charge in [-0.1, -0.05) is 17.7 Å². The fourth-order valence-electron chi connectivity index (χ4n) is 3.08. The molecule has 128 valence electrons. The van der Waals surface area contributed by atoms with Crippen LogP contribution >= 0.6 is 11.6 Å². The van der Waals surface area contributed by atoms with Crippen molar-refractivity contribution in [3.63, 3.8) is 0 Å². The van der Waals surface area contributed by atoms with Crippen molar-refractivity contribution in [1.29, 1.82) is 0 Å². The average Bonchev–Trinajstić information content (AvgIpc) is 3.21. The van der Waals surface area contributed by atoms with Gasteiger partial charge in [0.05, 0.1) is 5.69 Å². The predicted octanol–water partition coefficient (Wildman–Crippen LogP) is 3.85. The SMILES string of the molecule is Cc1ccc(Cl)cc1-c1cc(NC(=O)CCCN2CCCC2)n[nH]1. The number of H-pyrrole nitrogens is 1. The Kier molecular flexibility index (Phi) is 5.53. The van der Waals surface area contributed by atoms with Gasteiger partial charge in [-0.15, -0.1) is 0 Å².